The molecule has 0 spiro atoms. The van der Waals surface area contributed by atoms with Crippen LogP contribution in [0.2, 0.25) is 5.02 Å². The van der Waals surface area contributed by atoms with Crippen LogP contribution in [0.5, 0.6) is 0 Å². The molecule has 9 nitrogen and oxygen atoms in total. The highest BCUT2D eigenvalue weighted by Crippen LogP contribution is 2.20. The van der Waals surface area contributed by atoms with Gasteiger partial charge < -0.3 is 0 Å². The molecule has 128 valence electrons. The minimum atomic E-state index is -0.502. The third kappa shape index (κ3) is 3.35. The molecule has 2 heterocycles. The van der Waals surface area contributed by atoms with E-state index in [0.29, 0.717) is 16.5 Å². The Kier molecular flexibility index (Phi) is 4.47. The predicted octanol–water partition coefficient (Wildman–Crippen LogP) is 3.19. The van der Waals surface area contributed by atoms with Crippen molar-refractivity contribution >= 4 is 35.7 Å². The number of aromatic nitrogens is 5. The van der Waals surface area contributed by atoms with Gasteiger partial charge in [0.25, 0.3) is 11.6 Å². The summed E-state index contributed by atoms with van der Waals surface area (Å²) >= 11 is 11.3. The second-order valence-corrected chi connectivity index (χ2v) is 5.98. The number of nitro benzene ring substituents is 1. The first-order chi connectivity index (χ1) is 11.9. The SMILES string of the molecule is Cc1cc(C)n(-c2n[nH]c(=S)n2/N=C/c2cc([N+](=O)[O-])ccc2Cl)n1. The van der Waals surface area contributed by atoms with Crippen LogP contribution in [0.3, 0.4) is 0 Å². The Hall–Kier alpha value is -2.85. The highest BCUT2D eigenvalue weighted by molar-refractivity contribution is 7.71. The molecule has 0 amide bonds. The summed E-state index contributed by atoms with van der Waals surface area (Å²) in [5, 5.41) is 26.6. The van der Waals surface area contributed by atoms with Gasteiger partial charge in [-0.25, -0.2) is 9.78 Å². The molecule has 0 radical (unpaired) electrons. The van der Waals surface area contributed by atoms with Gasteiger partial charge in [0.05, 0.1) is 16.8 Å². The molecule has 0 aliphatic rings. The Bertz CT molecular complexity index is 1050. The number of H-pyrrole nitrogens is 1. The van der Waals surface area contributed by atoms with Gasteiger partial charge in [-0.15, -0.1) is 5.10 Å². The molecule has 1 aromatic carbocycles. The first kappa shape index (κ1) is 17.0. The molecule has 25 heavy (non-hydrogen) atoms. The minimum Gasteiger partial charge on any atom is -0.258 e. The lowest BCUT2D eigenvalue weighted by Crippen LogP contribution is -2.07. The van der Waals surface area contributed by atoms with Crippen molar-refractivity contribution in [2.45, 2.75) is 13.8 Å². The van der Waals surface area contributed by atoms with E-state index in [1.54, 1.807) is 4.68 Å². The second-order valence-electron chi connectivity index (χ2n) is 5.19. The Morgan fingerprint density at radius 1 is 1.40 bits per heavy atom. The molecule has 0 fully saturated rings. The number of hydrogen-bond donors (Lipinski definition) is 1. The van der Waals surface area contributed by atoms with E-state index in [4.69, 9.17) is 23.8 Å². The Labute approximate surface area is 151 Å². The summed E-state index contributed by atoms with van der Waals surface area (Å²) in [6.07, 6.45) is 1.38. The van der Waals surface area contributed by atoms with E-state index in [-0.39, 0.29) is 10.5 Å². The van der Waals surface area contributed by atoms with Gasteiger partial charge in [-0.05, 0) is 38.2 Å². The molecule has 1 N–H and O–H groups in total. The van der Waals surface area contributed by atoms with Crippen molar-refractivity contribution in [2.24, 2.45) is 5.10 Å². The monoisotopic (exact) mass is 377 g/mol. The van der Waals surface area contributed by atoms with Crippen LogP contribution in [-0.2, 0) is 0 Å². The Balaban J connectivity index is 2.05. The third-order valence-corrected chi connectivity index (χ3v) is 3.94. The van der Waals surface area contributed by atoms with Crippen molar-refractivity contribution in [2.75, 3.05) is 0 Å². The van der Waals surface area contributed by atoms with E-state index < -0.39 is 4.92 Å². The third-order valence-electron chi connectivity index (χ3n) is 3.34. The zero-order valence-corrected chi connectivity index (χ0v) is 14.7. The van der Waals surface area contributed by atoms with Crippen LogP contribution in [-0.4, -0.2) is 35.8 Å². The van der Waals surface area contributed by atoms with Crippen LogP contribution in [0, 0.1) is 28.7 Å². The lowest BCUT2D eigenvalue weighted by atomic mass is 10.2. The maximum atomic E-state index is 10.9. The average Bonchev–Trinajstić information content (AvgIpc) is 3.08. The van der Waals surface area contributed by atoms with Gasteiger partial charge in [-0.2, -0.15) is 14.9 Å². The lowest BCUT2D eigenvalue weighted by Gasteiger charge is -2.03. The first-order valence-electron chi connectivity index (χ1n) is 7.06. The summed E-state index contributed by atoms with van der Waals surface area (Å²) in [6, 6.07) is 5.99. The summed E-state index contributed by atoms with van der Waals surface area (Å²) in [7, 11) is 0. The van der Waals surface area contributed by atoms with Crippen molar-refractivity contribution in [3.63, 3.8) is 0 Å². The molecule has 11 heteroatoms. The number of aryl methyl sites for hydroxylation is 2. The largest absolute Gasteiger partial charge is 0.271 e. The summed E-state index contributed by atoms with van der Waals surface area (Å²) in [4.78, 5) is 10.4. The van der Waals surface area contributed by atoms with Gasteiger partial charge in [0.2, 0.25) is 4.77 Å². The van der Waals surface area contributed by atoms with Gasteiger partial charge in [-0.3, -0.25) is 10.1 Å². The number of aromatic amines is 1. The average molecular weight is 378 g/mol. The van der Waals surface area contributed by atoms with E-state index in [9.17, 15) is 10.1 Å². The Morgan fingerprint density at radius 2 is 2.16 bits per heavy atom. The van der Waals surface area contributed by atoms with Crippen molar-refractivity contribution in [3.8, 4) is 5.95 Å². The lowest BCUT2D eigenvalue weighted by molar-refractivity contribution is -0.384. The zero-order chi connectivity index (χ0) is 18.1. The van der Waals surface area contributed by atoms with E-state index >= 15 is 0 Å². The van der Waals surface area contributed by atoms with Gasteiger partial charge in [0.1, 0.15) is 0 Å². The van der Waals surface area contributed by atoms with Crippen LogP contribution in [0.1, 0.15) is 17.0 Å². The number of benzene rings is 1. The summed E-state index contributed by atoms with van der Waals surface area (Å²) in [5.74, 6) is 0.369. The van der Waals surface area contributed by atoms with E-state index in [1.807, 2.05) is 19.9 Å². The first-order valence-corrected chi connectivity index (χ1v) is 7.85. The second kappa shape index (κ2) is 6.57. The van der Waals surface area contributed by atoms with Crippen molar-refractivity contribution in [3.05, 3.63) is 61.1 Å². The molecular formula is C14H12ClN7O2S. The number of nitro groups is 1. The van der Waals surface area contributed by atoms with Gasteiger partial charge >= 0.3 is 0 Å². The van der Waals surface area contributed by atoms with Crippen LogP contribution in [0.25, 0.3) is 5.95 Å². The van der Waals surface area contributed by atoms with Crippen molar-refractivity contribution in [1.29, 1.82) is 0 Å². The van der Waals surface area contributed by atoms with Gasteiger partial charge in [0, 0.05) is 28.4 Å². The predicted molar refractivity (Wildman–Crippen MR) is 95.1 cm³/mol. The van der Waals surface area contributed by atoms with Gasteiger partial charge in [0.15, 0.2) is 0 Å². The van der Waals surface area contributed by atoms with Crippen LogP contribution < -0.4 is 0 Å². The molecule has 3 aromatic rings. The number of non-ortho nitro benzene ring substituents is 1. The number of nitrogens with zero attached hydrogens (tertiary/aromatic N) is 6. The fourth-order valence-electron chi connectivity index (χ4n) is 2.22. The molecule has 2 aromatic heterocycles. The quantitative estimate of drug-likeness (QED) is 0.325. The normalized spacial score (nSPS) is 11.3. The highest BCUT2D eigenvalue weighted by Gasteiger charge is 2.12. The van der Waals surface area contributed by atoms with Crippen LogP contribution in [0.15, 0.2) is 29.4 Å². The van der Waals surface area contributed by atoms with Crippen molar-refractivity contribution < 1.29 is 4.92 Å². The molecular weight excluding hydrogens is 366 g/mol. The highest BCUT2D eigenvalue weighted by atomic mass is 35.5. The molecule has 3 rings (SSSR count). The molecule has 0 unspecified atom stereocenters. The van der Waals surface area contributed by atoms with Crippen LogP contribution >= 0.6 is 23.8 Å². The smallest absolute Gasteiger partial charge is 0.258 e. The fraction of sp³-hybridized carbons (Fsp3) is 0.143. The molecule has 0 aliphatic carbocycles. The molecule has 0 saturated carbocycles. The Morgan fingerprint density at radius 3 is 2.80 bits per heavy atom. The number of rotatable bonds is 4. The van der Waals surface area contributed by atoms with Crippen LogP contribution in [0.4, 0.5) is 5.69 Å². The summed E-state index contributed by atoms with van der Waals surface area (Å²) in [6.45, 7) is 3.74. The van der Waals surface area contributed by atoms with Gasteiger partial charge in [-0.1, -0.05) is 11.6 Å². The molecule has 0 atom stereocenters. The zero-order valence-electron chi connectivity index (χ0n) is 13.2. The molecule has 0 aliphatic heterocycles. The van der Waals surface area contributed by atoms with E-state index in [0.717, 1.165) is 11.4 Å². The fourth-order valence-corrected chi connectivity index (χ4v) is 2.56. The van der Waals surface area contributed by atoms with E-state index in [2.05, 4.69) is 20.4 Å². The molecule has 0 saturated heterocycles. The maximum absolute atomic E-state index is 10.9. The summed E-state index contributed by atoms with van der Waals surface area (Å²) in [5.41, 5.74) is 1.98. The summed E-state index contributed by atoms with van der Waals surface area (Å²) < 4.78 is 3.21. The topological polar surface area (TPSA) is 107 Å². The number of nitrogens with one attached hydrogen (secondary N) is 1. The van der Waals surface area contributed by atoms with Crippen molar-refractivity contribution in [1.82, 2.24) is 24.7 Å². The standard InChI is InChI=1S/C14H12ClN7O2S/c1-8-5-9(2)20(19-8)13-17-18-14(25)21(13)16-7-10-6-11(22(23)24)3-4-12(10)15/h3-7H,1-2H3,(H,18,25)/b16-7+. The minimum absolute atomic E-state index is 0.0830. The molecule has 0 bridgehead atoms. The van der Waals surface area contributed by atoms with E-state index in [1.165, 1.54) is 29.1 Å². The number of hydrogen-bond acceptors (Lipinski definition) is 6. The number of halogens is 1. The maximum Gasteiger partial charge on any atom is 0.271 e.